The molecule has 1 aliphatic heterocycles. The Labute approximate surface area is 160 Å². The maximum absolute atomic E-state index is 13.3. The molecule has 1 heterocycles. The number of carboxylic acid groups (broad SMARTS) is 1. The molecule has 1 N–H and O–H groups in total. The Balaban J connectivity index is 1.48. The minimum Gasteiger partial charge on any atom is -0.481 e. The van der Waals surface area contributed by atoms with Crippen molar-refractivity contribution >= 4 is 12.1 Å². The Bertz CT molecular complexity index is 887. The molecule has 0 aromatic heterocycles. The van der Waals surface area contributed by atoms with Crippen molar-refractivity contribution in [3.63, 3.8) is 0 Å². The average Bonchev–Trinajstić information content (AvgIpc) is 3.28. The Morgan fingerprint density at radius 3 is 2.18 bits per heavy atom. The highest BCUT2D eigenvalue weighted by atomic mass is 19.3. The molecule has 1 saturated heterocycles. The van der Waals surface area contributed by atoms with E-state index in [1.807, 2.05) is 48.5 Å². The molecule has 0 spiro atoms. The molecule has 5 nitrogen and oxygen atoms in total. The number of benzene rings is 2. The fourth-order valence-electron chi connectivity index (χ4n) is 4.12. The van der Waals surface area contributed by atoms with Gasteiger partial charge in [0.2, 0.25) is 0 Å². The minimum atomic E-state index is -3.05. The van der Waals surface area contributed by atoms with Gasteiger partial charge < -0.3 is 14.7 Å². The lowest BCUT2D eigenvalue weighted by atomic mass is 9.88. The van der Waals surface area contributed by atoms with Gasteiger partial charge in [0.05, 0.1) is 0 Å². The van der Waals surface area contributed by atoms with Crippen molar-refractivity contribution in [2.24, 2.45) is 5.41 Å². The molecule has 0 bridgehead atoms. The van der Waals surface area contributed by atoms with Crippen LogP contribution in [0.2, 0.25) is 0 Å². The zero-order chi connectivity index (χ0) is 19.9. The van der Waals surface area contributed by atoms with E-state index in [-0.39, 0.29) is 25.5 Å². The molecule has 7 heteroatoms. The average molecular weight is 387 g/mol. The lowest BCUT2D eigenvalue weighted by Crippen LogP contribution is -2.42. The summed E-state index contributed by atoms with van der Waals surface area (Å²) in [5.74, 6) is -1.73. The largest absolute Gasteiger partial charge is 0.481 e. The van der Waals surface area contributed by atoms with Crippen LogP contribution in [0.3, 0.4) is 0 Å². The zero-order valence-electron chi connectivity index (χ0n) is 15.0. The smallest absolute Gasteiger partial charge is 0.409 e. The number of hydrogen-bond acceptors (Lipinski definition) is 3. The summed E-state index contributed by atoms with van der Waals surface area (Å²) in [5.41, 5.74) is 2.05. The third kappa shape index (κ3) is 2.82. The molecule has 1 amide bonds. The number of alkyl halides is 2. The van der Waals surface area contributed by atoms with E-state index < -0.39 is 30.4 Å². The Morgan fingerprint density at radius 1 is 1.11 bits per heavy atom. The summed E-state index contributed by atoms with van der Waals surface area (Å²) in [5, 5.41) is 9.20. The number of carbonyl (C=O) groups is 2. The first kappa shape index (κ1) is 18.4. The van der Waals surface area contributed by atoms with Gasteiger partial charge in [-0.15, -0.1) is 0 Å². The van der Waals surface area contributed by atoms with E-state index in [4.69, 9.17) is 4.74 Å². The molecule has 28 heavy (non-hydrogen) atoms. The summed E-state index contributed by atoms with van der Waals surface area (Å²) in [4.78, 5) is 24.8. The second kappa shape index (κ2) is 6.89. The number of nitrogens with zero attached hydrogens (tertiary/aromatic N) is 1. The highest BCUT2D eigenvalue weighted by molar-refractivity contribution is 5.80. The first-order chi connectivity index (χ1) is 13.4. The Morgan fingerprint density at radius 2 is 1.68 bits per heavy atom. The van der Waals surface area contributed by atoms with Gasteiger partial charge in [-0.3, -0.25) is 4.79 Å². The maximum Gasteiger partial charge on any atom is 0.409 e. The van der Waals surface area contributed by atoms with Gasteiger partial charge in [-0.2, -0.15) is 0 Å². The van der Waals surface area contributed by atoms with Crippen LogP contribution < -0.4 is 0 Å². The fourth-order valence-corrected chi connectivity index (χ4v) is 4.12. The number of ether oxygens (including phenoxy) is 1. The quantitative estimate of drug-likeness (QED) is 0.862. The van der Waals surface area contributed by atoms with Crippen LogP contribution in [0.4, 0.5) is 13.6 Å². The van der Waals surface area contributed by atoms with Gasteiger partial charge in [0.1, 0.15) is 12.0 Å². The summed E-state index contributed by atoms with van der Waals surface area (Å²) in [6.07, 6.45) is -4.09. The number of carboxylic acids is 1. The number of aliphatic carboxylic acids is 1. The molecule has 1 fully saturated rings. The van der Waals surface area contributed by atoms with Gasteiger partial charge in [-0.25, -0.2) is 13.6 Å². The van der Waals surface area contributed by atoms with Crippen molar-refractivity contribution in [2.75, 3.05) is 19.7 Å². The number of fused-ring (bicyclic) bond motifs is 3. The van der Waals surface area contributed by atoms with E-state index in [1.165, 1.54) is 0 Å². The summed E-state index contributed by atoms with van der Waals surface area (Å²) < 4.78 is 32.0. The molecular weight excluding hydrogens is 368 g/mol. The summed E-state index contributed by atoms with van der Waals surface area (Å²) >= 11 is 0. The van der Waals surface area contributed by atoms with Gasteiger partial charge in [-0.05, 0) is 28.7 Å². The predicted octanol–water partition coefficient (Wildman–Crippen LogP) is 3.98. The normalized spacial score (nSPS) is 20.9. The van der Waals surface area contributed by atoms with Crippen LogP contribution in [0, 0.1) is 5.41 Å². The van der Waals surface area contributed by atoms with Crippen LogP contribution in [0.5, 0.6) is 0 Å². The van der Waals surface area contributed by atoms with Crippen molar-refractivity contribution in [3.05, 3.63) is 59.7 Å². The van der Waals surface area contributed by atoms with Crippen molar-refractivity contribution in [2.45, 2.75) is 18.8 Å². The van der Waals surface area contributed by atoms with Crippen LogP contribution in [-0.2, 0) is 9.53 Å². The number of hydrogen-bond donors (Lipinski definition) is 1. The molecule has 1 aliphatic carbocycles. The molecule has 2 aromatic carbocycles. The lowest BCUT2D eigenvalue weighted by Gasteiger charge is -2.24. The molecule has 0 saturated carbocycles. The van der Waals surface area contributed by atoms with Crippen LogP contribution in [-0.4, -0.2) is 48.2 Å². The molecule has 0 radical (unpaired) electrons. The summed E-state index contributed by atoms with van der Waals surface area (Å²) in [6.45, 7) is -0.540. The standard InChI is InChI=1S/C21H19F2NO4/c22-18(23)21(19(25)26)9-10-24(12-21)20(27)28-11-17-15-7-3-1-5-13(15)14-6-2-4-8-16(14)17/h1-8,17-18H,9-12H2,(H,25,26). The second-order valence-corrected chi connectivity index (χ2v) is 7.24. The summed E-state index contributed by atoms with van der Waals surface area (Å²) in [7, 11) is 0. The van der Waals surface area contributed by atoms with E-state index in [9.17, 15) is 23.5 Å². The number of rotatable bonds is 4. The maximum atomic E-state index is 13.3. The molecule has 1 unspecified atom stereocenters. The van der Waals surface area contributed by atoms with E-state index in [2.05, 4.69) is 0 Å². The molecule has 4 rings (SSSR count). The predicted molar refractivity (Wildman–Crippen MR) is 97.3 cm³/mol. The highest BCUT2D eigenvalue weighted by Crippen LogP contribution is 2.44. The minimum absolute atomic E-state index is 0.0622. The highest BCUT2D eigenvalue weighted by Gasteiger charge is 2.53. The Kier molecular flexibility index (Phi) is 4.53. The third-order valence-electron chi connectivity index (χ3n) is 5.74. The topological polar surface area (TPSA) is 66.8 Å². The monoisotopic (exact) mass is 387 g/mol. The fraction of sp³-hybridized carbons (Fsp3) is 0.333. The van der Waals surface area contributed by atoms with Gasteiger partial charge >= 0.3 is 12.1 Å². The number of carbonyl (C=O) groups excluding carboxylic acids is 1. The van der Waals surface area contributed by atoms with Gasteiger partial charge in [-0.1, -0.05) is 48.5 Å². The molecule has 146 valence electrons. The third-order valence-corrected chi connectivity index (χ3v) is 5.74. The van der Waals surface area contributed by atoms with Crippen LogP contribution in [0.1, 0.15) is 23.5 Å². The van der Waals surface area contributed by atoms with E-state index in [0.717, 1.165) is 27.2 Å². The lowest BCUT2D eigenvalue weighted by molar-refractivity contribution is -0.157. The van der Waals surface area contributed by atoms with Crippen LogP contribution in [0.15, 0.2) is 48.5 Å². The van der Waals surface area contributed by atoms with Crippen LogP contribution >= 0.6 is 0 Å². The first-order valence-electron chi connectivity index (χ1n) is 9.05. The molecule has 2 aromatic rings. The van der Waals surface area contributed by atoms with Gasteiger partial charge in [0.25, 0.3) is 6.43 Å². The van der Waals surface area contributed by atoms with Crippen molar-refractivity contribution < 1.29 is 28.2 Å². The summed E-state index contributed by atoms with van der Waals surface area (Å²) in [6, 6.07) is 15.7. The van der Waals surface area contributed by atoms with Gasteiger partial charge in [0, 0.05) is 19.0 Å². The molecule has 1 atom stereocenters. The van der Waals surface area contributed by atoms with E-state index >= 15 is 0 Å². The van der Waals surface area contributed by atoms with E-state index in [1.54, 1.807) is 0 Å². The molecule has 2 aliphatic rings. The Hall–Kier alpha value is -2.96. The first-order valence-corrected chi connectivity index (χ1v) is 9.05. The van der Waals surface area contributed by atoms with Crippen molar-refractivity contribution in [1.29, 1.82) is 0 Å². The second-order valence-electron chi connectivity index (χ2n) is 7.24. The molecular formula is C21H19F2NO4. The van der Waals surface area contributed by atoms with E-state index in [0.29, 0.717) is 0 Å². The van der Waals surface area contributed by atoms with Crippen molar-refractivity contribution in [3.8, 4) is 11.1 Å². The number of halogens is 2. The van der Waals surface area contributed by atoms with Crippen LogP contribution in [0.25, 0.3) is 11.1 Å². The number of amides is 1. The SMILES string of the molecule is O=C(OCC1c2ccccc2-c2ccccc21)N1CCC(C(=O)O)(C(F)F)C1. The van der Waals surface area contributed by atoms with Crippen molar-refractivity contribution in [1.82, 2.24) is 4.90 Å². The van der Waals surface area contributed by atoms with Gasteiger partial charge in [0.15, 0.2) is 0 Å². The zero-order valence-corrected chi connectivity index (χ0v) is 15.0. The number of likely N-dealkylation sites (tertiary alicyclic amines) is 1.